The number of hydrogen-bond acceptors (Lipinski definition) is 4. The first-order valence-electron chi connectivity index (χ1n) is 8.22. The maximum Gasteiger partial charge on any atom is 0.224 e. The highest BCUT2D eigenvalue weighted by molar-refractivity contribution is 5.79. The van der Waals surface area contributed by atoms with Gasteiger partial charge in [0.25, 0.3) is 0 Å². The highest BCUT2D eigenvalue weighted by atomic mass is 16.4. The van der Waals surface area contributed by atoms with Gasteiger partial charge in [0.2, 0.25) is 5.91 Å². The van der Waals surface area contributed by atoms with E-state index < -0.39 is 0 Å². The van der Waals surface area contributed by atoms with Crippen molar-refractivity contribution in [1.82, 2.24) is 15.2 Å². The normalized spacial score (nSPS) is 18.2. The van der Waals surface area contributed by atoms with Crippen LogP contribution in [0.1, 0.15) is 30.6 Å². The van der Waals surface area contributed by atoms with E-state index in [9.17, 15) is 4.79 Å². The van der Waals surface area contributed by atoms with Crippen LogP contribution in [0.2, 0.25) is 0 Å². The van der Waals surface area contributed by atoms with Gasteiger partial charge >= 0.3 is 0 Å². The number of amides is 1. The zero-order valence-corrected chi connectivity index (χ0v) is 13.5. The van der Waals surface area contributed by atoms with Gasteiger partial charge in [-0.05, 0) is 18.5 Å². The van der Waals surface area contributed by atoms with E-state index in [2.05, 4.69) is 39.5 Å². The summed E-state index contributed by atoms with van der Waals surface area (Å²) in [5.74, 6) is 1.60. The third-order valence-corrected chi connectivity index (χ3v) is 4.23. The maximum absolute atomic E-state index is 12.3. The third-order valence-electron chi connectivity index (χ3n) is 4.23. The zero-order chi connectivity index (χ0) is 16.1. The van der Waals surface area contributed by atoms with Gasteiger partial charge < -0.3 is 9.73 Å². The van der Waals surface area contributed by atoms with E-state index in [1.165, 1.54) is 5.56 Å². The molecule has 2 heterocycles. The second kappa shape index (κ2) is 7.42. The van der Waals surface area contributed by atoms with Gasteiger partial charge in [0.05, 0.1) is 18.7 Å². The number of carbonyl (C=O) groups excluding carboxylic acids is 1. The van der Waals surface area contributed by atoms with Crippen molar-refractivity contribution < 1.29 is 9.21 Å². The molecular formula is C18H23N3O2. The Balaban J connectivity index is 1.45. The van der Waals surface area contributed by atoms with Gasteiger partial charge in [0, 0.05) is 19.5 Å². The Hall–Kier alpha value is -2.14. The van der Waals surface area contributed by atoms with Gasteiger partial charge in [-0.1, -0.05) is 37.3 Å². The Morgan fingerprint density at radius 1 is 1.39 bits per heavy atom. The van der Waals surface area contributed by atoms with Crippen LogP contribution in [0.4, 0.5) is 0 Å². The van der Waals surface area contributed by atoms with Crippen LogP contribution in [0.15, 0.2) is 40.9 Å². The molecule has 0 spiro atoms. The summed E-state index contributed by atoms with van der Waals surface area (Å²) in [5, 5.41) is 2.96. The molecule has 1 N–H and O–H groups in total. The lowest BCUT2D eigenvalue weighted by molar-refractivity contribution is -0.124. The number of likely N-dealkylation sites (tertiary alicyclic amines) is 1. The smallest absolute Gasteiger partial charge is 0.224 e. The second-order valence-electron chi connectivity index (χ2n) is 6.00. The standard InChI is InChI=1S/C18H23N3O2/c1-2-17-19-10-16(23-17)11-20-18(22)15-8-9-21(13-15)12-14-6-4-3-5-7-14/h3-7,10,15H,2,8-9,11-13H2,1H3,(H,20,22). The number of nitrogens with one attached hydrogen (secondary N) is 1. The SMILES string of the molecule is CCc1ncc(CNC(=O)C2CCN(Cc3ccccc3)C2)o1. The Kier molecular flexibility index (Phi) is 5.08. The Bertz CT molecular complexity index is 639. The van der Waals surface area contributed by atoms with Crippen LogP contribution in [0.25, 0.3) is 0 Å². The van der Waals surface area contributed by atoms with Crippen LogP contribution in [0.5, 0.6) is 0 Å². The molecule has 5 heteroatoms. The molecule has 3 rings (SSSR count). The lowest BCUT2D eigenvalue weighted by Gasteiger charge is -2.15. The van der Waals surface area contributed by atoms with Crippen LogP contribution in [0, 0.1) is 5.92 Å². The Labute approximate surface area is 136 Å². The minimum absolute atomic E-state index is 0.0623. The predicted molar refractivity (Wildman–Crippen MR) is 87.6 cm³/mol. The number of aryl methyl sites for hydroxylation is 1. The summed E-state index contributed by atoms with van der Waals surface area (Å²) in [4.78, 5) is 18.8. The number of benzene rings is 1. The van der Waals surface area contributed by atoms with E-state index in [0.29, 0.717) is 18.2 Å². The monoisotopic (exact) mass is 313 g/mol. The second-order valence-corrected chi connectivity index (χ2v) is 6.00. The summed E-state index contributed by atoms with van der Waals surface area (Å²) in [7, 11) is 0. The van der Waals surface area contributed by atoms with Gasteiger partial charge in [-0.15, -0.1) is 0 Å². The molecule has 1 unspecified atom stereocenters. The summed E-state index contributed by atoms with van der Waals surface area (Å²) >= 11 is 0. The van der Waals surface area contributed by atoms with E-state index in [1.807, 2.05) is 13.0 Å². The molecule has 1 aliphatic rings. The Morgan fingerprint density at radius 2 is 2.22 bits per heavy atom. The van der Waals surface area contributed by atoms with Crippen LogP contribution in [0.3, 0.4) is 0 Å². The molecule has 0 aliphatic carbocycles. The van der Waals surface area contributed by atoms with Crippen molar-refractivity contribution in [2.75, 3.05) is 13.1 Å². The maximum atomic E-state index is 12.3. The van der Waals surface area contributed by atoms with E-state index in [-0.39, 0.29) is 11.8 Å². The number of oxazole rings is 1. The van der Waals surface area contributed by atoms with Crippen LogP contribution < -0.4 is 5.32 Å². The minimum atomic E-state index is 0.0623. The lowest BCUT2D eigenvalue weighted by atomic mass is 10.1. The summed E-state index contributed by atoms with van der Waals surface area (Å²) in [6, 6.07) is 10.4. The van der Waals surface area contributed by atoms with Gasteiger partial charge in [0.15, 0.2) is 5.89 Å². The van der Waals surface area contributed by atoms with Crippen molar-refractivity contribution in [3.05, 3.63) is 53.7 Å². The first kappa shape index (κ1) is 15.7. The molecule has 1 aromatic heterocycles. The van der Waals surface area contributed by atoms with Gasteiger partial charge in [-0.2, -0.15) is 0 Å². The van der Waals surface area contributed by atoms with Crippen LogP contribution in [-0.2, 0) is 24.3 Å². The first-order valence-corrected chi connectivity index (χ1v) is 8.22. The van der Waals surface area contributed by atoms with Gasteiger partial charge in [0.1, 0.15) is 5.76 Å². The minimum Gasteiger partial charge on any atom is -0.444 e. The van der Waals surface area contributed by atoms with Crippen molar-refractivity contribution in [2.45, 2.75) is 32.9 Å². The molecule has 0 radical (unpaired) electrons. The molecule has 1 aliphatic heterocycles. The average molecular weight is 313 g/mol. The van der Waals surface area contributed by atoms with Crippen molar-refractivity contribution in [2.24, 2.45) is 5.92 Å². The van der Waals surface area contributed by atoms with Crippen LogP contribution >= 0.6 is 0 Å². The molecular weight excluding hydrogens is 290 g/mol. The summed E-state index contributed by atoms with van der Waals surface area (Å²) in [6.07, 6.45) is 3.37. The number of carbonyl (C=O) groups is 1. The number of nitrogens with zero attached hydrogens (tertiary/aromatic N) is 2. The van der Waals surface area contributed by atoms with E-state index in [4.69, 9.17) is 4.42 Å². The third kappa shape index (κ3) is 4.20. The van der Waals surface area contributed by atoms with Crippen molar-refractivity contribution in [3.63, 3.8) is 0 Å². The molecule has 2 aromatic rings. The number of rotatable bonds is 6. The molecule has 1 atom stereocenters. The van der Waals surface area contributed by atoms with Gasteiger partial charge in [-0.3, -0.25) is 9.69 Å². The lowest BCUT2D eigenvalue weighted by Crippen LogP contribution is -2.32. The Morgan fingerprint density at radius 3 is 2.96 bits per heavy atom. The topological polar surface area (TPSA) is 58.4 Å². The highest BCUT2D eigenvalue weighted by Gasteiger charge is 2.28. The fourth-order valence-corrected chi connectivity index (χ4v) is 2.94. The predicted octanol–water partition coefficient (Wildman–Crippen LogP) is 2.38. The van der Waals surface area contributed by atoms with E-state index >= 15 is 0 Å². The zero-order valence-electron chi connectivity index (χ0n) is 13.5. The molecule has 1 amide bonds. The quantitative estimate of drug-likeness (QED) is 0.889. The molecule has 23 heavy (non-hydrogen) atoms. The van der Waals surface area contributed by atoms with Crippen molar-refractivity contribution in [3.8, 4) is 0 Å². The molecule has 5 nitrogen and oxygen atoms in total. The largest absolute Gasteiger partial charge is 0.444 e. The highest BCUT2D eigenvalue weighted by Crippen LogP contribution is 2.19. The summed E-state index contributed by atoms with van der Waals surface area (Å²) < 4.78 is 5.51. The molecule has 0 saturated carbocycles. The molecule has 1 fully saturated rings. The first-order chi connectivity index (χ1) is 11.2. The fraction of sp³-hybridized carbons (Fsp3) is 0.444. The molecule has 122 valence electrons. The van der Waals surface area contributed by atoms with Crippen LogP contribution in [-0.4, -0.2) is 28.9 Å². The number of aromatic nitrogens is 1. The summed E-state index contributed by atoms with van der Waals surface area (Å²) in [6.45, 7) is 5.11. The fourth-order valence-electron chi connectivity index (χ4n) is 2.94. The average Bonchev–Trinajstić information content (AvgIpc) is 3.23. The molecule has 1 saturated heterocycles. The van der Waals surface area contributed by atoms with Gasteiger partial charge in [-0.25, -0.2) is 4.98 Å². The molecule has 1 aromatic carbocycles. The van der Waals surface area contributed by atoms with E-state index in [1.54, 1.807) is 6.20 Å². The van der Waals surface area contributed by atoms with Crippen molar-refractivity contribution in [1.29, 1.82) is 0 Å². The van der Waals surface area contributed by atoms with Crippen molar-refractivity contribution >= 4 is 5.91 Å². The molecule has 0 bridgehead atoms. The summed E-state index contributed by atoms with van der Waals surface area (Å²) in [5.41, 5.74) is 1.29. The number of hydrogen-bond donors (Lipinski definition) is 1. The van der Waals surface area contributed by atoms with E-state index in [0.717, 1.165) is 32.5 Å².